The Morgan fingerprint density at radius 2 is 1.97 bits per heavy atom. The fourth-order valence-corrected chi connectivity index (χ4v) is 2.83. The molecule has 1 aromatic heterocycles. The number of anilines is 1. The number of hydrogen-bond acceptors (Lipinski definition) is 7. The molecular weight excluding hydrogens is 453 g/mol. The lowest BCUT2D eigenvalue weighted by molar-refractivity contribution is -0.101. The van der Waals surface area contributed by atoms with E-state index in [1.807, 2.05) is 0 Å². The topological polar surface area (TPSA) is 122 Å². The van der Waals surface area contributed by atoms with Gasteiger partial charge in [0.2, 0.25) is 0 Å². The third-order valence-corrected chi connectivity index (χ3v) is 4.37. The molecule has 1 aliphatic rings. The number of amides is 1. The number of aromatic nitrogens is 2. The van der Waals surface area contributed by atoms with Gasteiger partial charge in [0, 0.05) is 31.4 Å². The van der Waals surface area contributed by atoms with Gasteiger partial charge >= 0.3 is 6.09 Å². The van der Waals surface area contributed by atoms with Crippen LogP contribution >= 0.6 is 0 Å². The predicted molar refractivity (Wildman–Crippen MR) is 109 cm³/mol. The highest BCUT2D eigenvalue weighted by Gasteiger charge is 2.46. The van der Waals surface area contributed by atoms with Gasteiger partial charge in [-0.05, 0) is 24.1 Å². The molecule has 1 saturated heterocycles. The Labute approximate surface area is 183 Å². The summed E-state index contributed by atoms with van der Waals surface area (Å²) in [5.41, 5.74) is 0.583. The van der Waals surface area contributed by atoms with Gasteiger partial charge in [0.05, 0.1) is 19.0 Å². The number of halogens is 3. The summed E-state index contributed by atoms with van der Waals surface area (Å²) < 4.78 is 72.6. The Bertz CT molecular complexity index is 970. The van der Waals surface area contributed by atoms with Gasteiger partial charge in [0.25, 0.3) is 16.0 Å². The Balaban J connectivity index is 0.000000654. The van der Waals surface area contributed by atoms with Crippen molar-refractivity contribution in [2.75, 3.05) is 31.2 Å². The predicted octanol–water partition coefficient (Wildman–Crippen LogP) is 2.83. The van der Waals surface area contributed by atoms with Crippen molar-refractivity contribution in [3.8, 4) is 0 Å². The fourth-order valence-electron chi connectivity index (χ4n) is 2.83. The number of benzene rings is 1. The van der Waals surface area contributed by atoms with Crippen LogP contribution in [0.1, 0.15) is 12.0 Å². The van der Waals surface area contributed by atoms with Gasteiger partial charge in [-0.25, -0.2) is 22.9 Å². The molecular formula is C19H23F3N4O5S. The van der Waals surface area contributed by atoms with Crippen LogP contribution in [0.15, 0.2) is 42.9 Å². The molecule has 0 radical (unpaired) electrons. The van der Waals surface area contributed by atoms with Crippen LogP contribution in [0, 0.1) is 11.7 Å². The van der Waals surface area contributed by atoms with E-state index in [1.54, 1.807) is 0 Å². The highest BCUT2D eigenvalue weighted by Crippen LogP contribution is 2.33. The monoisotopic (exact) mass is 476 g/mol. The molecule has 2 aromatic rings. The Kier molecular flexibility index (Phi) is 8.78. The second-order valence-electron chi connectivity index (χ2n) is 7.05. The zero-order chi connectivity index (χ0) is 23.8. The summed E-state index contributed by atoms with van der Waals surface area (Å²) in [5, 5.41) is 2.85. The van der Waals surface area contributed by atoms with Crippen molar-refractivity contribution in [2.45, 2.75) is 19.0 Å². The molecule has 0 unspecified atom stereocenters. The SMILES string of the molecule is CS(=O)(=O)O.O=C(OCc1ccc(F)cc1)N1CC[C@H](CNc2cnccn2)C(F)(F)C1. The number of piperidine rings is 1. The third kappa shape index (κ3) is 9.06. The number of carbonyl (C=O) groups is 1. The lowest BCUT2D eigenvalue weighted by Gasteiger charge is -2.37. The minimum Gasteiger partial charge on any atom is -0.445 e. The van der Waals surface area contributed by atoms with E-state index in [-0.39, 0.29) is 26.1 Å². The van der Waals surface area contributed by atoms with Gasteiger partial charge < -0.3 is 15.0 Å². The average Bonchev–Trinajstić information content (AvgIpc) is 2.71. The van der Waals surface area contributed by atoms with Gasteiger partial charge in [0.15, 0.2) is 0 Å². The van der Waals surface area contributed by atoms with Gasteiger partial charge in [-0.2, -0.15) is 8.42 Å². The second kappa shape index (κ2) is 11.1. The minimum absolute atomic E-state index is 0.0319. The van der Waals surface area contributed by atoms with Crippen molar-refractivity contribution in [3.05, 3.63) is 54.2 Å². The van der Waals surface area contributed by atoms with Crippen molar-refractivity contribution in [2.24, 2.45) is 5.92 Å². The molecule has 3 rings (SSSR count). The number of likely N-dealkylation sites (tertiary alicyclic amines) is 1. The average molecular weight is 476 g/mol. The maximum atomic E-state index is 14.4. The van der Waals surface area contributed by atoms with Crippen LogP contribution in [0.2, 0.25) is 0 Å². The van der Waals surface area contributed by atoms with E-state index in [9.17, 15) is 26.4 Å². The molecule has 1 amide bonds. The Morgan fingerprint density at radius 1 is 1.31 bits per heavy atom. The summed E-state index contributed by atoms with van der Waals surface area (Å²) in [6.07, 6.45) is 4.47. The summed E-state index contributed by atoms with van der Waals surface area (Å²) in [4.78, 5) is 20.9. The summed E-state index contributed by atoms with van der Waals surface area (Å²) in [5.74, 6) is -3.96. The van der Waals surface area contributed by atoms with E-state index in [0.717, 1.165) is 4.90 Å². The van der Waals surface area contributed by atoms with E-state index in [0.29, 0.717) is 17.6 Å². The quantitative estimate of drug-likeness (QED) is 0.632. The molecule has 0 spiro atoms. The van der Waals surface area contributed by atoms with Gasteiger partial charge in [-0.1, -0.05) is 12.1 Å². The molecule has 13 heteroatoms. The molecule has 1 aromatic carbocycles. The molecule has 2 heterocycles. The molecule has 0 aliphatic carbocycles. The number of rotatable bonds is 5. The molecule has 0 saturated carbocycles. The summed E-state index contributed by atoms with van der Waals surface area (Å²) in [6.45, 7) is -0.601. The first-order valence-corrected chi connectivity index (χ1v) is 11.2. The number of hydrogen-bond donors (Lipinski definition) is 2. The van der Waals surface area contributed by atoms with Crippen LogP contribution in [-0.4, -0.2) is 65.7 Å². The number of carbonyl (C=O) groups excluding carboxylic acids is 1. The zero-order valence-electron chi connectivity index (χ0n) is 17.1. The van der Waals surface area contributed by atoms with E-state index < -0.39 is 40.4 Å². The smallest absolute Gasteiger partial charge is 0.410 e. The van der Waals surface area contributed by atoms with Crippen molar-refractivity contribution in [3.63, 3.8) is 0 Å². The molecule has 2 N–H and O–H groups in total. The molecule has 9 nitrogen and oxygen atoms in total. The Hall–Kier alpha value is -2.93. The van der Waals surface area contributed by atoms with Crippen LogP contribution in [0.4, 0.5) is 23.8 Å². The lowest BCUT2D eigenvalue weighted by Crippen LogP contribution is -2.52. The first kappa shape index (κ1) is 25.3. The molecule has 1 fully saturated rings. The van der Waals surface area contributed by atoms with Gasteiger partial charge in [-0.3, -0.25) is 9.54 Å². The lowest BCUT2D eigenvalue weighted by atomic mass is 9.93. The third-order valence-electron chi connectivity index (χ3n) is 4.37. The normalized spacial score (nSPS) is 17.7. The van der Waals surface area contributed by atoms with Crippen LogP contribution < -0.4 is 5.32 Å². The first-order chi connectivity index (χ1) is 14.9. The maximum absolute atomic E-state index is 14.4. The molecule has 32 heavy (non-hydrogen) atoms. The summed E-state index contributed by atoms with van der Waals surface area (Å²) in [7, 11) is -3.67. The number of nitrogens with zero attached hydrogens (tertiary/aromatic N) is 3. The van der Waals surface area contributed by atoms with Gasteiger partial charge in [0.1, 0.15) is 18.2 Å². The van der Waals surface area contributed by atoms with E-state index >= 15 is 0 Å². The standard InChI is InChI=1S/C18H19F3N4O2.CH4O3S/c19-15-3-1-13(2-4-15)11-27-17(26)25-8-5-14(18(20,21)12-25)9-24-16-10-22-6-7-23-16;1-5(2,3)4/h1-4,6-7,10,14H,5,8-9,11-12H2,(H,23,24);1H3,(H,2,3,4)/t14-;/m1./s1. The van der Waals surface area contributed by atoms with Crippen molar-refractivity contribution in [1.82, 2.24) is 14.9 Å². The van der Waals surface area contributed by atoms with Crippen molar-refractivity contribution >= 4 is 22.0 Å². The zero-order valence-corrected chi connectivity index (χ0v) is 17.9. The van der Waals surface area contributed by atoms with Crippen molar-refractivity contribution in [1.29, 1.82) is 0 Å². The number of alkyl halides is 2. The van der Waals surface area contributed by atoms with Gasteiger partial charge in [-0.15, -0.1) is 0 Å². The van der Waals surface area contributed by atoms with E-state index in [4.69, 9.17) is 9.29 Å². The molecule has 176 valence electrons. The number of ether oxygens (including phenoxy) is 1. The van der Waals surface area contributed by atoms with Crippen LogP contribution in [0.5, 0.6) is 0 Å². The fraction of sp³-hybridized carbons (Fsp3) is 0.421. The minimum atomic E-state index is -3.67. The van der Waals surface area contributed by atoms with E-state index in [1.165, 1.54) is 42.9 Å². The maximum Gasteiger partial charge on any atom is 0.410 e. The van der Waals surface area contributed by atoms with Crippen LogP contribution in [-0.2, 0) is 21.5 Å². The first-order valence-electron chi connectivity index (χ1n) is 9.40. The van der Waals surface area contributed by atoms with E-state index in [2.05, 4.69) is 15.3 Å². The molecule has 1 aliphatic heterocycles. The highest BCUT2D eigenvalue weighted by atomic mass is 32.2. The second-order valence-corrected chi connectivity index (χ2v) is 8.52. The summed E-state index contributed by atoms with van der Waals surface area (Å²) >= 11 is 0. The van der Waals surface area contributed by atoms with Crippen molar-refractivity contribution < 1.29 is 35.7 Å². The molecule has 0 bridgehead atoms. The van der Waals surface area contributed by atoms with Crippen LogP contribution in [0.3, 0.4) is 0 Å². The Morgan fingerprint density at radius 3 is 2.53 bits per heavy atom. The van der Waals surface area contributed by atoms with Crippen LogP contribution in [0.25, 0.3) is 0 Å². The molecule has 1 atom stereocenters. The largest absolute Gasteiger partial charge is 0.445 e. The number of nitrogens with one attached hydrogen (secondary N) is 1. The summed E-state index contributed by atoms with van der Waals surface area (Å²) in [6, 6.07) is 5.43. The highest BCUT2D eigenvalue weighted by molar-refractivity contribution is 7.85.